The second kappa shape index (κ2) is 6.36. The zero-order valence-corrected chi connectivity index (χ0v) is 12.3. The molecule has 1 aromatic rings. The first-order chi connectivity index (χ1) is 9.17. The number of rotatable bonds is 5. The molecule has 0 atom stereocenters. The number of non-ortho nitro benzene ring substituents is 1. The van der Waals surface area contributed by atoms with Gasteiger partial charge in [-0.25, -0.2) is 0 Å². The highest BCUT2D eigenvalue weighted by Gasteiger charge is 2.13. The summed E-state index contributed by atoms with van der Waals surface area (Å²) in [5.74, 6) is -0.0489. The molecule has 0 spiro atoms. The summed E-state index contributed by atoms with van der Waals surface area (Å²) in [5, 5.41) is 16.6. The molecular weight excluding hydrogens is 258 g/mol. The second-order valence-corrected chi connectivity index (χ2v) is 5.79. The van der Waals surface area contributed by atoms with E-state index in [1.54, 1.807) is 6.92 Å². The minimum atomic E-state index is -0.426. The standard InChI is InChI=1S/C14H21N3O3/c1-10-7-11(9-12(8-10)17(19)20)15-6-5-13(18)16-14(2,3)4/h7-9,15H,5-6H2,1-4H3,(H,16,18). The number of nitro benzene ring substituents is 1. The number of anilines is 1. The lowest BCUT2D eigenvalue weighted by atomic mass is 10.1. The van der Waals surface area contributed by atoms with Crippen LogP contribution in [0.3, 0.4) is 0 Å². The van der Waals surface area contributed by atoms with E-state index in [9.17, 15) is 14.9 Å². The van der Waals surface area contributed by atoms with Crippen molar-refractivity contribution in [2.75, 3.05) is 11.9 Å². The zero-order valence-electron chi connectivity index (χ0n) is 12.3. The van der Waals surface area contributed by atoms with Crippen molar-refractivity contribution >= 4 is 17.3 Å². The summed E-state index contributed by atoms with van der Waals surface area (Å²) in [7, 11) is 0. The summed E-state index contributed by atoms with van der Waals surface area (Å²) in [4.78, 5) is 22.0. The molecule has 110 valence electrons. The van der Waals surface area contributed by atoms with Crippen LogP contribution in [0.15, 0.2) is 18.2 Å². The Morgan fingerprint density at radius 3 is 2.50 bits per heavy atom. The fourth-order valence-electron chi connectivity index (χ4n) is 1.77. The predicted molar refractivity (Wildman–Crippen MR) is 78.8 cm³/mol. The Morgan fingerprint density at radius 2 is 1.95 bits per heavy atom. The van der Waals surface area contributed by atoms with Crippen molar-refractivity contribution < 1.29 is 9.72 Å². The molecule has 0 unspecified atom stereocenters. The van der Waals surface area contributed by atoms with E-state index in [-0.39, 0.29) is 17.1 Å². The van der Waals surface area contributed by atoms with Crippen LogP contribution < -0.4 is 10.6 Å². The fraction of sp³-hybridized carbons (Fsp3) is 0.500. The van der Waals surface area contributed by atoms with E-state index >= 15 is 0 Å². The molecule has 20 heavy (non-hydrogen) atoms. The molecule has 6 nitrogen and oxygen atoms in total. The van der Waals surface area contributed by atoms with E-state index in [0.29, 0.717) is 18.7 Å². The SMILES string of the molecule is Cc1cc(NCCC(=O)NC(C)(C)C)cc([N+](=O)[O-])c1. The first-order valence-electron chi connectivity index (χ1n) is 6.48. The van der Waals surface area contributed by atoms with E-state index in [0.717, 1.165) is 5.56 Å². The van der Waals surface area contributed by atoms with Crippen molar-refractivity contribution in [3.63, 3.8) is 0 Å². The highest BCUT2D eigenvalue weighted by molar-refractivity contribution is 5.77. The molecule has 6 heteroatoms. The first-order valence-corrected chi connectivity index (χ1v) is 6.48. The number of nitrogens with one attached hydrogen (secondary N) is 2. The van der Waals surface area contributed by atoms with Crippen LogP contribution in [-0.4, -0.2) is 22.9 Å². The molecule has 0 aliphatic carbocycles. The molecule has 1 amide bonds. The summed E-state index contributed by atoms with van der Waals surface area (Å²) in [6, 6.07) is 4.79. The van der Waals surface area contributed by atoms with Gasteiger partial charge in [0.25, 0.3) is 5.69 Å². The minimum Gasteiger partial charge on any atom is -0.384 e. The lowest BCUT2D eigenvalue weighted by molar-refractivity contribution is -0.384. The van der Waals surface area contributed by atoms with Crippen LogP contribution in [0.25, 0.3) is 0 Å². The summed E-state index contributed by atoms with van der Waals surface area (Å²) < 4.78 is 0. The molecular formula is C14H21N3O3. The van der Waals surface area contributed by atoms with Gasteiger partial charge in [-0.15, -0.1) is 0 Å². The minimum absolute atomic E-state index is 0.0478. The molecule has 0 saturated heterocycles. The number of nitro groups is 1. The Morgan fingerprint density at radius 1 is 1.30 bits per heavy atom. The molecule has 0 heterocycles. The Kier molecular flexibility index (Phi) is 5.07. The predicted octanol–water partition coefficient (Wildman–Crippen LogP) is 2.62. The van der Waals surface area contributed by atoms with Crippen molar-refractivity contribution in [1.82, 2.24) is 5.32 Å². The second-order valence-electron chi connectivity index (χ2n) is 5.79. The molecule has 0 aliphatic rings. The van der Waals surface area contributed by atoms with E-state index in [1.807, 2.05) is 26.8 Å². The van der Waals surface area contributed by atoms with Gasteiger partial charge >= 0.3 is 0 Å². The number of nitrogens with zero attached hydrogens (tertiary/aromatic N) is 1. The topological polar surface area (TPSA) is 84.3 Å². The lowest BCUT2D eigenvalue weighted by Gasteiger charge is -2.20. The summed E-state index contributed by atoms with van der Waals surface area (Å²) in [5.41, 5.74) is 1.26. The number of benzene rings is 1. The average molecular weight is 279 g/mol. The molecule has 0 saturated carbocycles. The van der Waals surface area contributed by atoms with Gasteiger partial charge in [-0.2, -0.15) is 0 Å². The van der Waals surface area contributed by atoms with E-state index in [1.165, 1.54) is 12.1 Å². The van der Waals surface area contributed by atoms with Crippen LogP contribution in [0.5, 0.6) is 0 Å². The Labute approximate surface area is 118 Å². The summed E-state index contributed by atoms with van der Waals surface area (Å²) in [6.07, 6.45) is 0.318. The number of hydrogen-bond donors (Lipinski definition) is 2. The van der Waals surface area contributed by atoms with Gasteiger partial charge in [-0.05, 0) is 39.3 Å². The highest BCUT2D eigenvalue weighted by atomic mass is 16.6. The van der Waals surface area contributed by atoms with Gasteiger partial charge in [0.2, 0.25) is 5.91 Å². The maximum absolute atomic E-state index is 11.6. The van der Waals surface area contributed by atoms with Crippen LogP contribution in [-0.2, 0) is 4.79 Å². The van der Waals surface area contributed by atoms with Gasteiger partial charge in [0.15, 0.2) is 0 Å². The monoisotopic (exact) mass is 279 g/mol. The molecule has 0 fully saturated rings. The summed E-state index contributed by atoms with van der Waals surface area (Å²) >= 11 is 0. The maximum atomic E-state index is 11.6. The van der Waals surface area contributed by atoms with Crippen LogP contribution in [0, 0.1) is 17.0 Å². The third kappa shape index (κ3) is 5.69. The quantitative estimate of drug-likeness (QED) is 0.641. The molecule has 0 aliphatic heterocycles. The number of aryl methyl sites for hydroxylation is 1. The molecule has 0 radical (unpaired) electrons. The van der Waals surface area contributed by atoms with Crippen molar-refractivity contribution in [3.05, 3.63) is 33.9 Å². The third-order valence-electron chi connectivity index (χ3n) is 2.47. The highest BCUT2D eigenvalue weighted by Crippen LogP contribution is 2.20. The van der Waals surface area contributed by atoms with Crippen LogP contribution >= 0.6 is 0 Å². The molecule has 0 bridgehead atoms. The van der Waals surface area contributed by atoms with E-state index in [2.05, 4.69) is 10.6 Å². The largest absolute Gasteiger partial charge is 0.384 e. The molecule has 0 aromatic heterocycles. The Balaban J connectivity index is 2.54. The van der Waals surface area contributed by atoms with Gasteiger partial charge < -0.3 is 10.6 Å². The first kappa shape index (κ1) is 15.9. The van der Waals surface area contributed by atoms with Gasteiger partial charge in [0.1, 0.15) is 0 Å². The zero-order chi connectivity index (χ0) is 15.3. The van der Waals surface area contributed by atoms with Crippen molar-refractivity contribution in [2.45, 2.75) is 39.7 Å². The molecule has 1 rings (SSSR count). The number of carbonyl (C=O) groups is 1. The third-order valence-corrected chi connectivity index (χ3v) is 2.47. The van der Waals surface area contributed by atoms with Gasteiger partial charge in [0, 0.05) is 36.3 Å². The van der Waals surface area contributed by atoms with E-state index < -0.39 is 4.92 Å². The smallest absolute Gasteiger partial charge is 0.271 e. The number of carbonyl (C=O) groups excluding carboxylic acids is 1. The lowest BCUT2D eigenvalue weighted by Crippen LogP contribution is -2.41. The van der Waals surface area contributed by atoms with Crippen molar-refractivity contribution in [1.29, 1.82) is 0 Å². The van der Waals surface area contributed by atoms with Gasteiger partial charge in [-0.1, -0.05) is 0 Å². The fourth-order valence-corrected chi connectivity index (χ4v) is 1.77. The number of hydrogen-bond acceptors (Lipinski definition) is 4. The summed E-state index contributed by atoms with van der Waals surface area (Å²) in [6.45, 7) is 7.99. The van der Waals surface area contributed by atoms with E-state index in [4.69, 9.17) is 0 Å². The molecule has 1 aromatic carbocycles. The normalized spacial score (nSPS) is 11.0. The molecule has 2 N–H and O–H groups in total. The Bertz CT molecular complexity index is 507. The van der Waals surface area contributed by atoms with Gasteiger partial charge in [-0.3, -0.25) is 14.9 Å². The van der Waals surface area contributed by atoms with Crippen molar-refractivity contribution in [3.8, 4) is 0 Å². The van der Waals surface area contributed by atoms with Crippen molar-refractivity contribution in [2.24, 2.45) is 0 Å². The van der Waals surface area contributed by atoms with Crippen LogP contribution in [0.1, 0.15) is 32.8 Å². The maximum Gasteiger partial charge on any atom is 0.271 e. The van der Waals surface area contributed by atoms with Crippen LogP contribution in [0.2, 0.25) is 0 Å². The Hall–Kier alpha value is -2.11. The van der Waals surface area contributed by atoms with Crippen LogP contribution in [0.4, 0.5) is 11.4 Å². The number of amides is 1. The average Bonchev–Trinajstić information content (AvgIpc) is 2.25. The van der Waals surface area contributed by atoms with Gasteiger partial charge in [0.05, 0.1) is 4.92 Å².